The van der Waals surface area contributed by atoms with Gasteiger partial charge in [-0.15, -0.1) is 0 Å². The summed E-state index contributed by atoms with van der Waals surface area (Å²) in [5.74, 6) is 0.845. The van der Waals surface area contributed by atoms with Crippen molar-refractivity contribution in [1.82, 2.24) is 5.32 Å². The zero-order valence-electron chi connectivity index (χ0n) is 11.0. The van der Waals surface area contributed by atoms with E-state index >= 15 is 0 Å². The third kappa shape index (κ3) is 3.35. The molecule has 0 aromatic heterocycles. The van der Waals surface area contributed by atoms with Gasteiger partial charge in [0, 0.05) is 6.54 Å². The number of anilines is 1. The summed E-state index contributed by atoms with van der Waals surface area (Å²) in [6, 6.07) is 5.13. The van der Waals surface area contributed by atoms with Crippen LogP contribution in [0.4, 0.5) is 11.4 Å². The number of nitrogens with one attached hydrogen (secondary N) is 2. The molecule has 0 bridgehead atoms. The zero-order chi connectivity index (χ0) is 13.7. The van der Waals surface area contributed by atoms with Gasteiger partial charge in [0.1, 0.15) is 5.69 Å². The summed E-state index contributed by atoms with van der Waals surface area (Å²) in [5, 5.41) is 17.6. The Morgan fingerprint density at radius 3 is 3.05 bits per heavy atom. The van der Waals surface area contributed by atoms with E-state index in [1.54, 1.807) is 18.2 Å². The summed E-state index contributed by atoms with van der Waals surface area (Å²) in [5.41, 5.74) is 0.554. The molecule has 2 rings (SSSR count). The van der Waals surface area contributed by atoms with E-state index in [-0.39, 0.29) is 10.6 Å². The van der Waals surface area contributed by atoms with Gasteiger partial charge < -0.3 is 15.4 Å². The van der Waals surface area contributed by atoms with Gasteiger partial charge in [-0.1, -0.05) is 6.07 Å². The predicted molar refractivity (Wildman–Crippen MR) is 73.7 cm³/mol. The number of nitrogens with zero attached hydrogens (tertiary/aromatic N) is 1. The van der Waals surface area contributed by atoms with Crippen LogP contribution in [0, 0.1) is 16.0 Å². The minimum absolute atomic E-state index is 0.0234. The Hall–Kier alpha value is -1.82. The molecule has 0 aliphatic carbocycles. The number of benzene rings is 1. The van der Waals surface area contributed by atoms with E-state index in [1.165, 1.54) is 0 Å². The third-order valence-electron chi connectivity index (χ3n) is 3.22. The average molecular weight is 265 g/mol. The third-order valence-corrected chi connectivity index (χ3v) is 3.22. The van der Waals surface area contributed by atoms with Gasteiger partial charge in [-0.3, -0.25) is 10.1 Å². The maximum Gasteiger partial charge on any atom is 0.333 e. The van der Waals surface area contributed by atoms with Crippen molar-refractivity contribution < 1.29 is 9.66 Å². The fraction of sp³-hybridized carbons (Fsp3) is 0.538. The van der Waals surface area contributed by atoms with Crippen LogP contribution in [0.2, 0.25) is 0 Å². The Labute approximate surface area is 112 Å². The minimum Gasteiger partial charge on any atom is -0.487 e. The summed E-state index contributed by atoms with van der Waals surface area (Å²) >= 11 is 0. The molecule has 2 N–H and O–H groups in total. The van der Waals surface area contributed by atoms with Crippen LogP contribution in [0.1, 0.15) is 13.3 Å². The summed E-state index contributed by atoms with van der Waals surface area (Å²) in [7, 11) is 0. The average Bonchev–Trinajstić information content (AvgIpc) is 2.89. The van der Waals surface area contributed by atoms with E-state index in [9.17, 15) is 10.1 Å². The maximum absolute atomic E-state index is 11.2. The molecule has 1 aromatic rings. The second-order valence-corrected chi connectivity index (χ2v) is 4.58. The summed E-state index contributed by atoms with van der Waals surface area (Å²) in [6.07, 6.45) is 1.10. The molecule has 19 heavy (non-hydrogen) atoms. The van der Waals surface area contributed by atoms with Crippen LogP contribution < -0.4 is 15.4 Å². The molecule has 1 atom stereocenters. The lowest BCUT2D eigenvalue weighted by Crippen LogP contribution is -2.17. The normalized spacial score (nSPS) is 18.3. The van der Waals surface area contributed by atoms with E-state index in [0.717, 1.165) is 26.1 Å². The van der Waals surface area contributed by atoms with Gasteiger partial charge in [-0.25, -0.2) is 0 Å². The molecule has 1 heterocycles. The van der Waals surface area contributed by atoms with E-state index < -0.39 is 0 Å². The topological polar surface area (TPSA) is 76.4 Å². The van der Waals surface area contributed by atoms with Crippen molar-refractivity contribution in [3.05, 3.63) is 28.3 Å². The molecule has 1 unspecified atom stereocenters. The zero-order valence-corrected chi connectivity index (χ0v) is 11.0. The maximum atomic E-state index is 11.2. The number of nitro groups is 1. The lowest BCUT2D eigenvalue weighted by molar-refractivity contribution is -0.384. The van der Waals surface area contributed by atoms with Gasteiger partial charge in [0.2, 0.25) is 0 Å². The van der Waals surface area contributed by atoms with Gasteiger partial charge in [-0.2, -0.15) is 0 Å². The van der Waals surface area contributed by atoms with E-state index in [0.29, 0.717) is 24.0 Å². The first-order valence-electron chi connectivity index (χ1n) is 6.57. The Bertz CT molecular complexity index is 445. The monoisotopic (exact) mass is 265 g/mol. The number of para-hydroxylation sites is 1. The molecule has 104 valence electrons. The molecule has 6 heteroatoms. The van der Waals surface area contributed by atoms with Crippen LogP contribution in [0.15, 0.2) is 18.2 Å². The first-order chi connectivity index (χ1) is 9.22. The molecule has 0 amide bonds. The largest absolute Gasteiger partial charge is 0.487 e. The van der Waals surface area contributed by atoms with Crippen molar-refractivity contribution in [3.63, 3.8) is 0 Å². The van der Waals surface area contributed by atoms with E-state index in [4.69, 9.17) is 4.74 Å². The van der Waals surface area contributed by atoms with Gasteiger partial charge in [-0.05, 0) is 44.5 Å². The Morgan fingerprint density at radius 2 is 2.42 bits per heavy atom. The molecule has 1 saturated heterocycles. The van der Waals surface area contributed by atoms with Crippen LogP contribution in [-0.4, -0.2) is 31.2 Å². The van der Waals surface area contributed by atoms with E-state index in [2.05, 4.69) is 10.6 Å². The highest BCUT2D eigenvalue weighted by Crippen LogP contribution is 2.34. The lowest BCUT2D eigenvalue weighted by Gasteiger charge is -2.13. The fourth-order valence-corrected chi connectivity index (χ4v) is 2.27. The fourth-order valence-electron chi connectivity index (χ4n) is 2.27. The van der Waals surface area contributed by atoms with Gasteiger partial charge >= 0.3 is 5.69 Å². The standard InChI is InChI=1S/C13H19N3O3/c1-2-19-12-5-3-4-11(13(12)16(17)18)15-9-10-6-7-14-8-10/h3-5,10,14-15H,2,6-9H2,1H3. The van der Waals surface area contributed by atoms with Gasteiger partial charge in [0.25, 0.3) is 0 Å². The van der Waals surface area contributed by atoms with Crippen molar-refractivity contribution in [3.8, 4) is 5.75 Å². The Kier molecular flexibility index (Phi) is 4.57. The highest BCUT2D eigenvalue weighted by atomic mass is 16.6. The number of ether oxygens (including phenoxy) is 1. The molecular formula is C13H19N3O3. The van der Waals surface area contributed by atoms with Crippen molar-refractivity contribution in [2.24, 2.45) is 5.92 Å². The Balaban J connectivity index is 2.13. The molecule has 1 aliphatic heterocycles. The number of nitro benzene ring substituents is 1. The smallest absolute Gasteiger partial charge is 0.333 e. The first kappa shape index (κ1) is 13.6. The van der Waals surface area contributed by atoms with Gasteiger partial charge in [0.15, 0.2) is 5.75 Å². The molecule has 1 aliphatic rings. The van der Waals surface area contributed by atoms with Gasteiger partial charge in [0.05, 0.1) is 11.5 Å². The van der Waals surface area contributed by atoms with E-state index in [1.807, 2.05) is 6.92 Å². The van der Waals surface area contributed by atoms with Crippen LogP contribution >= 0.6 is 0 Å². The highest BCUT2D eigenvalue weighted by Gasteiger charge is 2.22. The molecule has 0 spiro atoms. The van der Waals surface area contributed by atoms with Crippen LogP contribution in [-0.2, 0) is 0 Å². The predicted octanol–water partition coefficient (Wildman–Crippen LogP) is 2.01. The molecule has 0 radical (unpaired) electrons. The number of hydrogen-bond donors (Lipinski definition) is 2. The number of hydrogen-bond acceptors (Lipinski definition) is 5. The second kappa shape index (κ2) is 6.38. The first-order valence-corrected chi connectivity index (χ1v) is 6.57. The number of rotatable bonds is 6. The SMILES string of the molecule is CCOc1cccc(NCC2CCNC2)c1[N+](=O)[O-]. The molecule has 6 nitrogen and oxygen atoms in total. The Morgan fingerprint density at radius 1 is 1.58 bits per heavy atom. The molecular weight excluding hydrogens is 246 g/mol. The van der Waals surface area contributed by atoms with Crippen molar-refractivity contribution in [2.45, 2.75) is 13.3 Å². The summed E-state index contributed by atoms with van der Waals surface area (Å²) in [4.78, 5) is 10.8. The minimum atomic E-state index is -0.389. The lowest BCUT2D eigenvalue weighted by atomic mass is 10.1. The van der Waals surface area contributed by atoms with Crippen molar-refractivity contribution >= 4 is 11.4 Å². The summed E-state index contributed by atoms with van der Waals surface area (Å²) in [6.45, 7) is 4.95. The van der Waals surface area contributed by atoms with Crippen LogP contribution in [0.3, 0.4) is 0 Å². The van der Waals surface area contributed by atoms with Crippen molar-refractivity contribution in [1.29, 1.82) is 0 Å². The van der Waals surface area contributed by atoms with Crippen molar-refractivity contribution in [2.75, 3.05) is 31.6 Å². The second-order valence-electron chi connectivity index (χ2n) is 4.58. The highest BCUT2D eigenvalue weighted by molar-refractivity contribution is 5.68. The molecule has 0 saturated carbocycles. The summed E-state index contributed by atoms with van der Waals surface area (Å²) < 4.78 is 5.32. The van der Waals surface area contributed by atoms with Crippen LogP contribution in [0.25, 0.3) is 0 Å². The quantitative estimate of drug-likeness (QED) is 0.608. The molecule has 1 aromatic carbocycles. The molecule has 1 fully saturated rings. The van der Waals surface area contributed by atoms with Crippen LogP contribution in [0.5, 0.6) is 5.75 Å².